The third kappa shape index (κ3) is 6.55. The molecule has 1 amide bonds. The number of nitrogens with zero attached hydrogens (tertiary/aromatic N) is 7. The highest BCUT2D eigenvalue weighted by Crippen LogP contribution is 2.45. The van der Waals surface area contributed by atoms with Gasteiger partial charge in [0.25, 0.3) is 5.91 Å². The molecule has 6 rings (SSSR count). The van der Waals surface area contributed by atoms with Crippen LogP contribution in [-0.2, 0) is 30.5 Å². The molecular formula is C30H36F3N7O5S2Si. The first-order chi connectivity index (χ1) is 22.5. The van der Waals surface area contributed by atoms with E-state index in [0.29, 0.717) is 67.7 Å². The molecule has 0 unspecified atom stereocenters. The van der Waals surface area contributed by atoms with Gasteiger partial charge in [-0.1, -0.05) is 37.1 Å². The largest absolute Gasteiger partial charge is 0.445 e. The Hall–Kier alpha value is -3.21. The quantitative estimate of drug-likeness (QED) is 0.143. The second-order valence-corrected chi connectivity index (χ2v) is 22.1. The number of ether oxygens (including phenoxy) is 2. The first-order valence-electron chi connectivity index (χ1n) is 15.5. The summed E-state index contributed by atoms with van der Waals surface area (Å²) in [6.45, 7) is 7.17. The van der Waals surface area contributed by atoms with Crippen LogP contribution < -0.4 is 0 Å². The lowest BCUT2D eigenvalue weighted by atomic mass is 9.99. The second kappa shape index (κ2) is 12.3. The SMILES string of the molecule is COC1(C(=O)N2CC=C(c3cc(S(=O)(=O)N(COCC[Si](C)(C)C)C4(C#N)CC4)cn4c(-c5nnc(C(F)(F)F)s5)ncc34)CC2)CC1. The summed E-state index contributed by atoms with van der Waals surface area (Å²) < 4.78 is 83.0. The number of rotatable bonds is 12. The second-order valence-electron chi connectivity index (χ2n) is 13.6. The maximum absolute atomic E-state index is 14.5. The third-order valence-electron chi connectivity index (χ3n) is 9.00. The van der Waals surface area contributed by atoms with Crippen molar-refractivity contribution in [2.45, 2.75) is 80.0 Å². The Labute approximate surface area is 281 Å². The Balaban J connectivity index is 1.42. The van der Waals surface area contributed by atoms with Crippen molar-refractivity contribution < 1.29 is 35.9 Å². The molecule has 0 spiro atoms. The van der Waals surface area contributed by atoms with Gasteiger partial charge in [0.1, 0.15) is 17.9 Å². The normalized spacial score (nSPS) is 19.0. The van der Waals surface area contributed by atoms with E-state index in [9.17, 15) is 31.6 Å². The molecule has 0 atom stereocenters. The minimum absolute atomic E-state index is 0.0142. The molecule has 0 bridgehead atoms. The van der Waals surface area contributed by atoms with Crippen LogP contribution in [0.5, 0.6) is 0 Å². The lowest BCUT2D eigenvalue weighted by Gasteiger charge is -2.30. The van der Waals surface area contributed by atoms with Crippen molar-refractivity contribution in [1.29, 1.82) is 5.26 Å². The Kier molecular flexibility index (Phi) is 8.86. The molecule has 0 aromatic carbocycles. The molecular weight excluding hydrogens is 688 g/mol. The molecule has 0 N–H and O–H groups in total. The fraction of sp³-hybridized carbons (Fsp3) is 0.567. The van der Waals surface area contributed by atoms with E-state index in [1.807, 2.05) is 6.08 Å². The van der Waals surface area contributed by atoms with Gasteiger partial charge in [-0.2, -0.15) is 22.7 Å². The number of sulfonamides is 1. The average Bonchev–Trinajstić information content (AvgIpc) is 3.91. The van der Waals surface area contributed by atoms with Crippen molar-refractivity contribution in [3.63, 3.8) is 0 Å². The standard InChI is InChI=1S/C30H36F3N7O5S2Si/c1-44-29(9-10-29)27(41)38-11-5-20(6-12-38)22-15-21(17-39-23(22)16-35-24(39)25-36-37-26(46-25)30(31,32)33)47(42,43)40(28(18-34)7-8-28)19-45-13-14-48(2,3)4/h5,15-17H,6-14,19H2,1-4H3. The van der Waals surface area contributed by atoms with Crippen molar-refractivity contribution in [3.8, 4) is 16.9 Å². The van der Waals surface area contributed by atoms with Gasteiger partial charge in [-0.25, -0.2) is 13.4 Å². The van der Waals surface area contributed by atoms with Crippen LogP contribution in [-0.4, -0.2) is 95.9 Å². The Morgan fingerprint density at radius 3 is 2.48 bits per heavy atom. The summed E-state index contributed by atoms with van der Waals surface area (Å²) in [5, 5.41) is 15.8. The summed E-state index contributed by atoms with van der Waals surface area (Å²) in [4.78, 5) is 19.0. The molecule has 18 heteroatoms. The number of halogens is 3. The van der Waals surface area contributed by atoms with Gasteiger partial charge in [0.15, 0.2) is 10.8 Å². The lowest BCUT2D eigenvalue weighted by molar-refractivity contribution is -0.144. The maximum Gasteiger partial charge on any atom is 0.445 e. The highest BCUT2D eigenvalue weighted by atomic mass is 32.2. The molecule has 2 saturated carbocycles. The van der Waals surface area contributed by atoms with Crippen molar-refractivity contribution in [3.05, 3.63) is 35.1 Å². The van der Waals surface area contributed by atoms with Gasteiger partial charge in [0.05, 0.1) is 22.7 Å². The number of methoxy groups -OCH3 is 1. The van der Waals surface area contributed by atoms with Crippen LogP contribution in [0.25, 0.3) is 21.9 Å². The van der Waals surface area contributed by atoms with Crippen LogP contribution in [0.3, 0.4) is 0 Å². The molecule has 3 aromatic heterocycles. The number of hydrogen-bond donors (Lipinski definition) is 0. The number of amides is 1. The van der Waals surface area contributed by atoms with Crippen molar-refractivity contribution >= 4 is 46.4 Å². The number of carbonyl (C=O) groups is 1. The van der Waals surface area contributed by atoms with Crippen LogP contribution in [0.2, 0.25) is 25.7 Å². The van der Waals surface area contributed by atoms with E-state index in [1.165, 1.54) is 30.0 Å². The Bertz CT molecular complexity index is 1920. The predicted octanol–water partition coefficient (Wildman–Crippen LogP) is 5.03. The number of imidazole rings is 1. The monoisotopic (exact) mass is 723 g/mol. The molecule has 2 aliphatic carbocycles. The summed E-state index contributed by atoms with van der Waals surface area (Å²) in [6, 6.07) is 4.46. The first-order valence-corrected chi connectivity index (χ1v) is 21.5. The minimum Gasteiger partial charge on any atom is -0.368 e. The topological polar surface area (TPSA) is 143 Å². The highest BCUT2D eigenvalue weighted by molar-refractivity contribution is 7.89. The summed E-state index contributed by atoms with van der Waals surface area (Å²) in [6.07, 6.45) is 2.24. The van der Waals surface area contributed by atoms with Crippen molar-refractivity contribution in [1.82, 2.24) is 28.8 Å². The molecule has 0 radical (unpaired) electrons. The number of fused-ring (bicyclic) bond motifs is 1. The van der Waals surface area contributed by atoms with Crippen molar-refractivity contribution in [2.75, 3.05) is 33.5 Å². The molecule has 1 aliphatic heterocycles. The number of nitriles is 1. The zero-order chi connectivity index (χ0) is 34.7. The van der Waals surface area contributed by atoms with Gasteiger partial charge in [-0.05, 0) is 49.8 Å². The number of hydrogen-bond acceptors (Lipinski definition) is 10. The number of alkyl halides is 3. The molecule has 0 saturated heterocycles. The Morgan fingerprint density at radius 2 is 1.94 bits per heavy atom. The molecule has 48 heavy (non-hydrogen) atoms. The van der Waals surface area contributed by atoms with Crippen LogP contribution in [0.4, 0.5) is 13.2 Å². The highest BCUT2D eigenvalue weighted by Gasteiger charge is 2.55. The fourth-order valence-electron chi connectivity index (χ4n) is 5.67. The predicted molar refractivity (Wildman–Crippen MR) is 173 cm³/mol. The third-order valence-corrected chi connectivity index (χ3v) is 13.5. The smallest absolute Gasteiger partial charge is 0.368 e. The van der Waals surface area contributed by atoms with Crippen molar-refractivity contribution in [2.24, 2.45) is 0 Å². The van der Waals surface area contributed by atoms with Gasteiger partial charge >= 0.3 is 6.18 Å². The van der Waals surface area contributed by atoms with E-state index in [2.05, 4.69) is 40.9 Å². The Morgan fingerprint density at radius 1 is 1.21 bits per heavy atom. The number of aromatic nitrogens is 4. The maximum atomic E-state index is 14.5. The van der Waals surface area contributed by atoms with Crippen LogP contribution in [0.15, 0.2) is 29.4 Å². The van der Waals surface area contributed by atoms with E-state index in [1.54, 1.807) is 4.90 Å². The van der Waals surface area contributed by atoms with Gasteiger partial charge < -0.3 is 14.4 Å². The van der Waals surface area contributed by atoms with E-state index >= 15 is 0 Å². The van der Waals surface area contributed by atoms with Gasteiger partial charge in [0, 0.05) is 46.6 Å². The van der Waals surface area contributed by atoms with E-state index < -0.39 is 40.4 Å². The molecule has 4 heterocycles. The fourth-order valence-corrected chi connectivity index (χ4v) is 8.79. The van der Waals surface area contributed by atoms with Crippen LogP contribution in [0.1, 0.15) is 42.7 Å². The van der Waals surface area contributed by atoms with Gasteiger partial charge in [0.2, 0.25) is 15.0 Å². The lowest BCUT2D eigenvalue weighted by Crippen LogP contribution is -2.43. The van der Waals surface area contributed by atoms with Crippen LogP contribution >= 0.6 is 11.3 Å². The molecule has 3 aromatic rings. The minimum atomic E-state index is -4.72. The van der Waals surface area contributed by atoms with Gasteiger partial charge in [-0.3, -0.25) is 9.20 Å². The van der Waals surface area contributed by atoms with E-state index in [0.717, 1.165) is 15.9 Å². The average molecular weight is 724 g/mol. The van der Waals surface area contributed by atoms with E-state index in [-0.39, 0.29) is 34.9 Å². The molecule has 2 fully saturated rings. The van der Waals surface area contributed by atoms with Gasteiger partial charge in [-0.15, -0.1) is 10.2 Å². The van der Waals surface area contributed by atoms with E-state index in [4.69, 9.17) is 9.47 Å². The summed E-state index contributed by atoms with van der Waals surface area (Å²) in [5.41, 5.74) is -0.395. The molecule has 258 valence electrons. The first kappa shape index (κ1) is 34.6. The zero-order valence-electron chi connectivity index (χ0n) is 27.0. The zero-order valence-corrected chi connectivity index (χ0v) is 29.6. The summed E-state index contributed by atoms with van der Waals surface area (Å²) in [7, 11) is -4.35. The number of carbonyl (C=O) groups excluding carboxylic acids is 1. The molecule has 12 nitrogen and oxygen atoms in total. The number of pyridine rings is 1. The summed E-state index contributed by atoms with van der Waals surface area (Å²) in [5.74, 6) is -0.110. The summed E-state index contributed by atoms with van der Waals surface area (Å²) >= 11 is 0.300. The van der Waals surface area contributed by atoms with Crippen LogP contribution in [0, 0.1) is 11.3 Å². The molecule has 3 aliphatic rings.